The second-order valence-electron chi connectivity index (χ2n) is 3.08. The van der Waals surface area contributed by atoms with Gasteiger partial charge in [-0.2, -0.15) is 4.98 Å². The molecule has 1 rings (SSSR count). The highest BCUT2D eigenvalue weighted by molar-refractivity contribution is 8.00. The van der Waals surface area contributed by atoms with Crippen LogP contribution in [0.25, 0.3) is 0 Å². The third kappa shape index (κ3) is 4.20. The van der Waals surface area contributed by atoms with Crippen LogP contribution in [0.5, 0.6) is 6.01 Å². The quantitative estimate of drug-likeness (QED) is 0.785. The van der Waals surface area contributed by atoms with E-state index in [4.69, 9.17) is 4.74 Å². The number of rotatable bonds is 5. The molecule has 0 saturated carbocycles. The van der Waals surface area contributed by atoms with Crippen LogP contribution in [-0.2, 0) is 4.79 Å². The van der Waals surface area contributed by atoms with E-state index in [-0.39, 0.29) is 11.9 Å². The van der Waals surface area contributed by atoms with Crippen molar-refractivity contribution in [2.24, 2.45) is 0 Å². The van der Waals surface area contributed by atoms with Crippen LogP contribution in [0, 0.1) is 0 Å². The van der Waals surface area contributed by atoms with Crippen LogP contribution < -0.4 is 10.1 Å². The van der Waals surface area contributed by atoms with E-state index >= 15 is 0 Å². The number of carbonyl (C=O) groups is 1. The lowest BCUT2D eigenvalue weighted by molar-refractivity contribution is -0.113. The summed E-state index contributed by atoms with van der Waals surface area (Å²) in [4.78, 5) is 15.2. The molecule has 84 valence electrons. The molecule has 0 spiro atoms. The van der Waals surface area contributed by atoms with E-state index in [2.05, 4.69) is 20.5 Å². The molecule has 1 amide bonds. The Morgan fingerprint density at radius 1 is 1.67 bits per heavy atom. The van der Waals surface area contributed by atoms with Gasteiger partial charge in [0.2, 0.25) is 11.9 Å². The number of aromatic nitrogens is 3. The summed E-state index contributed by atoms with van der Waals surface area (Å²) in [6, 6.07) is 0.210. The summed E-state index contributed by atoms with van der Waals surface area (Å²) < 4.78 is 4.76. The van der Waals surface area contributed by atoms with E-state index in [0.717, 1.165) is 0 Å². The molecule has 0 aliphatic heterocycles. The monoisotopic (exact) mass is 230 g/mol. The Morgan fingerprint density at radius 3 is 2.93 bits per heavy atom. The van der Waals surface area contributed by atoms with Crippen molar-refractivity contribution >= 4 is 23.6 Å². The number of aromatic amines is 1. The predicted octanol–water partition coefficient (Wildman–Crippen LogP) is 0.893. The number of anilines is 1. The number of amides is 1. The fourth-order valence-electron chi connectivity index (χ4n) is 0.804. The lowest BCUT2D eigenvalue weighted by Gasteiger charge is -2.03. The SMILES string of the molecule is COc1n[nH]c(NC(=O)CSC(C)C)n1. The molecule has 2 N–H and O–H groups in total. The van der Waals surface area contributed by atoms with E-state index in [1.54, 1.807) is 11.8 Å². The van der Waals surface area contributed by atoms with Crippen molar-refractivity contribution in [3.63, 3.8) is 0 Å². The molecular weight excluding hydrogens is 216 g/mol. The molecule has 0 aliphatic carbocycles. The maximum Gasteiger partial charge on any atom is 0.336 e. The smallest absolute Gasteiger partial charge is 0.336 e. The first kappa shape index (κ1) is 11.8. The molecule has 0 unspecified atom stereocenters. The van der Waals surface area contributed by atoms with Gasteiger partial charge in [-0.3, -0.25) is 10.1 Å². The van der Waals surface area contributed by atoms with E-state index in [0.29, 0.717) is 17.0 Å². The summed E-state index contributed by atoms with van der Waals surface area (Å²) in [7, 11) is 1.46. The number of nitrogens with one attached hydrogen (secondary N) is 2. The van der Waals surface area contributed by atoms with E-state index in [1.807, 2.05) is 13.8 Å². The molecule has 0 radical (unpaired) electrons. The predicted molar refractivity (Wildman–Crippen MR) is 59.2 cm³/mol. The molecule has 6 nitrogen and oxygen atoms in total. The lowest BCUT2D eigenvalue weighted by atomic mass is 10.6. The van der Waals surface area contributed by atoms with Crippen LogP contribution in [-0.4, -0.2) is 39.2 Å². The summed E-state index contributed by atoms with van der Waals surface area (Å²) in [6.45, 7) is 4.07. The average Bonchev–Trinajstić information content (AvgIpc) is 2.62. The maximum absolute atomic E-state index is 11.4. The molecular formula is C8H14N4O2S. The van der Waals surface area contributed by atoms with Crippen molar-refractivity contribution in [2.75, 3.05) is 18.2 Å². The van der Waals surface area contributed by atoms with Crippen LogP contribution in [0.3, 0.4) is 0 Å². The number of methoxy groups -OCH3 is 1. The Morgan fingerprint density at radius 2 is 2.40 bits per heavy atom. The number of carbonyl (C=O) groups excluding carboxylic acids is 1. The highest BCUT2D eigenvalue weighted by Gasteiger charge is 2.07. The zero-order valence-corrected chi connectivity index (χ0v) is 9.72. The first-order chi connectivity index (χ1) is 7.11. The lowest BCUT2D eigenvalue weighted by Crippen LogP contribution is -2.16. The largest absolute Gasteiger partial charge is 0.466 e. The average molecular weight is 230 g/mol. The minimum Gasteiger partial charge on any atom is -0.466 e. The molecule has 1 aromatic heterocycles. The van der Waals surface area contributed by atoms with E-state index < -0.39 is 0 Å². The minimum atomic E-state index is -0.104. The van der Waals surface area contributed by atoms with Gasteiger partial charge in [0.05, 0.1) is 12.9 Å². The number of nitrogens with zero attached hydrogens (tertiary/aromatic N) is 2. The fraction of sp³-hybridized carbons (Fsp3) is 0.625. The molecule has 7 heteroatoms. The van der Waals surface area contributed by atoms with Gasteiger partial charge >= 0.3 is 6.01 Å². The molecule has 0 atom stereocenters. The molecule has 0 aromatic carbocycles. The Labute approximate surface area is 92.2 Å². The zero-order valence-electron chi connectivity index (χ0n) is 8.90. The van der Waals surface area contributed by atoms with Crippen molar-refractivity contribution in [3.8, 4) is 6.01 Å². The van der Waals surface area contributed by atoms with Crippen molar-refractivity contribution in [1.82, 2.24) is 15.2 Å². The van der Waals surface area contributed by atoms with Crippen LogP contribution in [0.2, 0.25) is 0 Å². The summed E-state index contributed by atoms with van der Waals surface area (Å²) >= 11 is 1.57. The van der Waals surface area contributed by atoms with Gasteiger partial charge in [0.1, 0.15) is 0 Å². The van der Waals surface area contributed by atoms with E-state index in [9.17, 15) is 4.79 Å². The Balaban J connectivity index is 2.37. The fourth-order valence-corrected chi connectivity index (χ4v) is 1.36. The van der Waals surface area contributed by atoms with Crippen LogP contribution in [0.4, 0.5) is 5.95 Å². The molecule has 0 aliphatic rings. The third-order valence-corrected chi connectivity index (χ3v) is 2.55. The number of hydrogen-bond donors (Lipinski definition) is 2. The van der Waals surface area contributed by atoms with Gasteiger partial charge in [-0.25, -0.2) is 5.10 Å². The summed E-state index contributed by atoms with van der Waals surface area (Å²) in [5.41, 5.74) is 0. The number of H-pyrrole nitrogens is 1. The second kappa shape index (κ2) is 5.59. The van der Waals surface area contributed by atoms with Gasteiger partial charge < -0.3 is 4.74 Å². The molecule has 0 fully saturated rings. The molecule has 0 saturated heterocycles. The Bertz CT molecular complexity index is 326. The van der Waals surface area contributed by atoms with Gasteiger partial charge in [0, 0.05) is 0 Å². The summed E-state index contributed by atoms with van der Waals surface area (Å²) in [6.07, 6.45) is 0. The van der Waals surface area contributed by atoms with Gasteiger partial charge in [-0.1, -0.05) is 13.8 Å². The topological polar surface area (TPSA) is 79.9 Å². The van der Waals surface area contributed by atoms with Crippen molar-refractivity contribution in [2.45, 2.75) is 19.1 Å². The van der Waals surface area contributed by atoms with Crippen molar-refractivity contribution in [1.29, 1.82) is 0 Å². The maximum atomic E-state index is 11.4. The number of thioether (sulfide) groups is 1. The van der Waals surface area contributed by atoms with Crippen LogP contribution in [0.1, 0.15) is 13.8 Å². The Hall–Kier alpha value is -1.24. The first-order valence-electron chi connectivity index (χ1n) is 4.49. The molecule has 1 heterocycles. The van der Waals surface area contributed by atoms with Gasteiger partial charge in [-0.15, -0.1) is 16.9 Å². The first-order valence-corrected chi connectivity index (χ1v) is 5.54. The number of ether oxygens (including phenoxy) is 1. The highest BCUT2D eigenvalue weighted by Crippen LogP contribution is 2.10. The van der Waals surface area contributed by atoms with Crippen molar-refractivity contribution < 1.29 is 9.53 Å². The third-order valence-electron chi connectivity index (χ3n) is 1.45. The van der Waals surface area contributed by atoms with Gasteiger partial charge in [-0.05, 0) is 5.25 Å². The highest BCUT2D eigenvalue weighted by atomic mass is 32.2. The minimum absolute atomic E-state index is 0.104. The van der Waals surface area contributed by atoms with Gasteiger partial charge in [0.25, 0.3) is 0 Å². The molecule has 15 heavy (non-hydrogen) atoms. The van der Waals surface area contributed by atoms with Crippen molar-refractivity contribution in [3.05, 3.63) is 0 Å². The second-order valence-corrected chi connectivity index (χ2v) is 4.64. The molecule has 1 aromatic rings. The Kier molecular flexibility index (Phi) is 4.41. The van der Waals surface area contributed by atoms with Gasteiger partial charge in [0.15, 0.2) is 0 Å². The normalized spacial score (nSPS) is 10.4. The number of hydrogen-bond acceptors (Lipinski definition) is 5. The van der Waals surface area contributed by atoms with Crippen LogP contribution >= 0.6 is 11.8 Å². The van der Waals surface area contributed by atoms with Crippen LogP contribution in [0.15, 0.2) is 0 Å². The molecule has 0 bridgehead atoms. The van der Waals surface area contributed by atoms with E-state index in [1.165, 1.54) is 7.11 Å². The standard InChI is InChI=1S/C8H14N4O2S/c1-5(2)15-4-6(13)9-7-10-8(14-3)12-11-7/h5H,4H2,1-3H3,(H2,9,10,11,12,13). The summed E-state index contributed by atoms with van der Waals surface area (Å²) in [5.74, 6) is 0.606. The zero-order chi connectivity index (χ0) is 11.3. The summed E-state index contributed by atoms with van der Waals surface area (Å²) in [5, 5.41) is 9.26.